The SMILES string of the molecule is CC(C)(NC(=O)CCN1CCC(c2ccccc2)CC1)c1nc2cc(Cl)c(Cl)cc2[nH]1. The number of fused-ring (bicyclic) bond motifs is 1. The van der Waals surface area contributed by atoms with Crippen molar-refractivity contribution in [2.45, 2.75) is 44.6 Å². The summed E-state index contributed by atoms with van der Waals surface area (Å²) in [5.74, 6) is 1.32. The number of likely N-dealkylation sites (tertiary alicyclic amines) is 1. The molecule has 2 N–H and O–H groups in total. The standard InChI is InChI=1S/C24H28Cl2N4O/c1-24(2,23-27-20-14-18(25)19(26)15-21(20)28-23)29-22(31)10-13-30-11-8-17(9-12-30)16-6-4-3-5-7-16/h3-7,14-15,17H,8-13H2,1-2H3,(H,27,28)(H,29,31). The minimum absolute atomic E-state index is 0.0201. The van der Waals surface area contributed by atoms with Crippen LogP contribution in [0.3, 0.4) is 0 Å². The number of halogens is 2. The summed E-state index contributed by atoms with van der Waals surface area (Å²) in [4.78, 5) is 22.9. The van der Waals surface area contributed by atoms with Gasteiger partial charge in [-0.05, 0) is 63.4 Å². The molecule has 2 aromatic carbocycles. The molecule has 0 bridgehead atoms. The number of aromatic nitrogens is 2. The molecule has 1 aromatic heterocycles. The van der Waals surface area contributed by atoms with Crippen LogP contribution in [0.5, 0.6) is 0 Å². The third-order valence-electron chi connectivity index (χ3n) is 6.08. The number of benzene rings is 2. The van der Waals surface area contributed by atoms with Crippen molar-refractivity contribution >= 4 is 40.1 Å². The van der Waals surface area contributed by atoms with E-state index in [1.54, 1.807) is 12.1 Å². The van der Waals surface area contributed by atoms with Crippen molar-refractivity contribution in [1.29, 1.82) is 0 Å². The molecule has 0 aliphatic carbocycles. The minimum atomic E-state index is -0.630. The first-order chi connectivity index (χ1) is 14.8. The maximum atomic E-state index is 12.7. The molecule has 5 nitrogen and oxygen atoms in total. The Morgan fingerprint density at radius 1 is 1.16 bits per heavy atom. The summed E-state index contributed by atoms with van der Waals surface area (Å²) in [6, 6.07) is 14.2. The fourth-order valence-corrected chi connectivity index (χ4v) is 4.57. The van der Waals surface area contributed by atoms with Gasteiger partial charge in [-0.2, -0.15) is 0 Å². The van der Waals surface area contributed by atoms with Crippen LogP contribution in [0, 0.1) is 0 Å². The van der Waals surface area contributed by atoms with Crippen LogP contribution in [0.25, 0.3) is 11.0 Å². The van der Waals surface area contributed by atoms with Crippen molar-refractivity contribution in [1.82, 2.24) is 20.2 Å². The Balaban J connectivity index is 1.29. The van der Waals surface area contributed by atoms with Gasteiger partial charge in [0.1, 0.15) is 5.82 Å². The van der Waals surface area contributed by atoms with Crippen LogP contribution >= 0.6 is 23.2 Å². The highest BCUT2D eigenvalue weighted by Crippen LogP contribution is 2.29. The first-order valence-corrected chi connectivity index (χ1v) is 11.5. The summed E-state index contributed by atoms with van der Waals surface area (Å²) in [5.41, 5.74) is 2.33. The number of hydrogen-bond acceptors (Lipinski definition) is 3. The van der Waals surface area contributed by atoms with Gasteiger partial charge in [0.15, 0.2) is 0 Å². The summed E-state index contributed by atoms with van der Waals surface area (Å²) >= 11 is 12.2. The molecule has 164 valence electrons. The lowest BCUT2D eigenvalue weighted by atomic mass is 9.89. The molecule has 1 saturated heterocycles. The number of rotatable bonds is 6. The number of nitrogens with zero attached hydrogens (tertiary/aromatic N) is 2. The van der Waals surface area contributed by atoms with E-state index < -0.39 is 5.54 Å². The zero-order chi connectivity index (χ0) is 22.0. The van der Waals surface area contributed by atoms with Gasteiger partial charge in [0.05, 0.1) is 26.6 Å². The number of piperidine rings is 1. The Kier molecular flexibility index (Phi) is 6.56. The zero-order valence-electron chi connectivity index (χ0n) is 17.9. The summed E-state index contributed by atoms with van der Waals surface area (Å²) in [6.07, 6.45) is 2.75. The molecule has 0 atom stereocenters. The summed E-state index contributed by atoms with van der Waals surface area (Å²) < 4.78 is 0. The van der Waals surface area contributed by atoms with Crippen molar-refractivity contribution in [2.24, 2.45) is 0 Å². The van der Waals surface area contributed by atoms with Crippen molar-refractivity contribution < 1.29 is 4.79 Å². The molecule has 1 aliphatic rings. The summed E-state index contributed by atoms with van der Waals surface area (Å²) in [7, 11) is 0. The number of amides is 1. The molecule has 1 aliphatic heterocycles. The first kappa shape index (κ1) is 22.1. The second kappa shape index (κ2) is 9.19. The Hall–Kier alpha value is -2.08. The fraction of sp³-hybridized carbons (Fsp3) is 0.417. The van der Waals surface area contributed by atoms with E-state index in [9.17, 15) is 4.79 Å². The lowest BCUT2D eigenvalue weighted by molar-refractivity contribution is -0.123. The highest BCUT2D eigenvalue weighted by molar-refractivity contribution is 6.42. The second-order valence-corrected chi connectivity index (χ2v) is 9.63. The van der Waals surface area contributed by atoms with Crippen LogP contribution in [0.2, 0.25) is 10.0 Å². The molecular weight excluding hydrogens is 431 g/mol. The largest absolute Gasteiger partial charge is 0.344 e. The lowest BCUT2D eigenvalue weighted by Gasteiger charge is -2.32. The van der Waals surface area contributed by atoms with Gasteiger partial charge in [0, 0.05) is 13.0 Å². The van der Waals surface area contributed by atoms with Crippen molar-refractivity contribution in [2.75, 3.05) is 19.6 Å². The van der Waals surface area contributed by atoms with Crippen molar-refractivity contribution in [3.05, 3.63) is 63.9 Å². The van der Waals surface area contributed by atoms with Gasteiger partial charge in [-0.1, -0.05) is 53.5 Å². The van der Waals surface area contributed by atoms with E-state index in [1.165, 1.54) is 5.56 Å². The van der Waals surface area contributed by atoms with Crippen molar-refractivity contribution in [3.8, 4) is 0 Å². The number of aromatic amines is 1. The van der Waals surface area contributed by atoms with E-state index in [0.717, 1.165) is 43.5 Å². The molecule has 0 spiro atoms. The van der Waals surface area contributed by atoms with Crippen LogP contribution in [0.1, 0.15) is 50.4 Å². The maximum absolute atomic E-state index is 12.7. The van der Waals surface area contributed by atoms with E-state index in [2.05, 4.69) is 50.5 Å². The number of H-pyrrole nitrogens is 1. The minimum Gasteiger partial charge on any atom is -0.344 e. The highest BCUT2D eigenvalue weighted by Gasteiger charge is 2.27. The number of carbonyl (C=O) groups excluding carboxylic acids is 1. The van der Waals surface area contributed by atoms with Gasteiger partial charge in [0.25, 0.3) is 0 Å². The van der Waals surface area contributed by atoms with E-state index in [-0.39, 0.29) is 5.91 Å². The molecule has 2 heterocycles. The lowest BCUT2D eigenvalue weighted by Crippen LogP contribution is -2.43. The average molecular weight is 459 g/mol. The van der Waals surface area contributed by atoms with Gasteiger partial charge in [-0.3, -0.25) is 4.79 Å². The third kappa shape index (κ3) is 5.22. The zero-order valence-corrected chi connectivity index (χ0v) is 19.4. The van der Waals surface area contributed by atoms with Gasteiger partial charge in [-0.25, -0.2) is 4.98 Å². The molecule has 4 rings (SSSR count). The van der Waals surface area contributed by atoms with Crippen LogP contribution in [-0.2, 0) is 10.3 Å². The Morgan fingerprint density at radius 2 is 1.84 bits per heavy atom. The molecule has 1 amide bonds. The van der Waals surface area contributed by atoms with Gasteiger partial charge in [-0.15, -0.1) is 0 Å². The Bertz CT molecular complexity index is 1020. The van der Waals surface area contributed by atoms with E-state index in [1.807, 2.05) is 13.8 Å². The molecule has 31 heavy (non-hydrogen) atoms. The predicted octanol–water partition coefficient (Wildman–Crippen LogP) is 5.49. The van der Waals surface area contributed by atoms with Crippen LogP contribution in [0.15, 0.2) is 42.5 Å². The topological polar surface area (TPSA) is 61.0 Å². The van der Waals surface area contributed by atoms with Crippen molar-refractivity contribution in [3.63, 3.8) is 0 Å². The number of nitrogens with one attached hydrogen (secondary N) is 2. The smallest absolute Gasteiger partial charge is 0.222 e. The normalized spacial score (nSPS) is 16.0. The number of carbonyl (C=O) groups is 1. The summed E-state index contributed by atoms with van der Waals surface area (Å²) in [6.45, 7) is 6.71. The Labute approximate surface area is 193 Å². The first-order valence-electron chi connectivity index (χ1n) is 10.8. The van der Waals surface area contributed by atoms with Gasteiger partial charge in [0.2, 0.25) is 5.91 Å². The number of hydrogen-bond donors (Lipinski definition) is 2. The molecule has 3 aromatic rings. The van der Waals surface area contributed by atoms with Crippen LogP contribution in [-0.4, -0.2) is 40.4 Å². The predicted molar refractivity (Wildman–Crippen MR) is 127 cm³/mol. The van der Waals surface area contributed by atoms with Crippen LogP contribution < -0.4 is 5.32 Å². The third-order valence-corrected chi connectivity index (χ3v) is 6.80. The van der Waals surface area contributed by atoms with E-state index in [0.29, 0.717) is 28.2 Å². The molecular formula is C24H28Cl2N4O. The van der Waals surface area contributed by atoms with Crippen LogP contribution in [0.4, 0.5) is 0 Å². The van der Waals surface area contributed by atoms with E-state index >= 15 is 0 Å². The van der Waals surface area contributed by atoms with E-state index in [4.69, 9.17) is 23.2 Å². The molecule has 0 radical (unpaired) electrons. The number of imidazole rings is 1. The molecule has 7 heteroatoms. The quantitative estimate of drug-likeness (QED) is 0.513. The monoisotopic (exact) mass is 458 g/mol. The maximum Gasteiger partial charge on any atom is 0.222 e. The van der Waals surface area contributed by atoms with Gasteiger partial charge < -0.3 is 15.2 Å². The second-order valence-electron chi connectivity index (χ2n) is 8.82. The average Bonchev–Trinajstić information content (AvgIpc) is 3.17. The summed E-state index contributed by atoms with van der Waals surface area (Å²) in [5, 5.41) is 4.05. The van der Waals surface area contributed by atoms with Gasteiger partial charge >= 0.3 is 0 Å². The highest BCUT2D eigenvalue weighted by atomic mass is 35.5. The molecule has 0 saturated carbocycles. The molecule has 0 unspecified atom stereocenters. The fourth-order valence-electron chi connectivity index (χ4n) is 4.25. The molecule has 1 fully saturated rings. The Morgan fingerprint density at radius 3 is 2.55 bits per heavy atom.